The van der Waals surface area contributed by atoms with Crippen LogP contribution in [-0.2, 0) is 42.9 Å². The molecule has 5 atom stereocenters. The summed E-state index contributed by atoms with van der Waals surface area (Å²) < 4.78 is 26.0. The minimum absolute atomic E-state index is 0.319. The molecule has 0 amide bonds. The van der Waals surface area contributed by atoms with Gasteiger partial charge in [0.15, 0.2) is 23.7 Å². The van der Waals surface area contributed by atoms with E-state index in [1.165, 1.54) is 6.92 Å². The predicted octanol–water partition coefficient (Wildman–Crippen LogP) is 0.284. The molecule has 11 heteroatoms. The first-order valence-corrected chi connectivity index (χ1v) is 8.38. The third kappa shape index (κ3) is 6.53. The van der Waals surface area contributed by atoms with E-state index in [1.807, 2.05) is 0 Å². The molecule has 1 aliphatic rings. The molecule has 1 fully saturated rings. The maximum Gasteiger partial charge on any atom is 0.303 e. The third-order valence-corrected chi connectivity index (χ3v) is 3.83. The van der Waals surface area contributed by atoms with Gasteiger partial charge in [-0.05, 0) is 11.8 Å². The van der Waals surface area contributed by atoms with Crippen LogP contribution in [0.3, 0.4) is 0 Å². The molecular weight excluding hydrogens is 370 g/mol. The molecule has 0 bridgehead atoms. The van der Waals surface area contributed by atoms with Crippen LogP contribution in [0.2, 0.25) is 0 Å². The number of thiocyanates is 1. The number of thioether (sulfide) groups is 1. The van der Waals surface area contributed by atoms with E-state index in [-0.39, 0.29) is 6.61 Å². The van der Waals surface area contributed by atoms with Crippen molar-refractivity contribution in [1.29, 1.82) is 5.26 Å². The van der Waals surface area contributed by atoms with Crippen molar-refractivity contribution in [3.63, 3.8) is 0 Å². The number of esters is 4. The fourth-order valence-corrected chi connectivity index (χ4v) is 2.98. The Morgan fingerprint density at radius 1 is 0.885 bits per heavy atom. The number of hydrogen-bond acceptors (Lipinski definition) is 11. The average Bonchev–Trinajstić information content (AvgIpc) is 2.50. The zero-order chi connectivity index (χ0) is 19.9. The van der Waals surface area contributed by atoms with Gasteiger partial charge in [0.25, 0.3) is 0 Å². The Morgan fingerprint density at radius 3 is 1.85 bits per heavy atom. The number of rotatable bonds is 6. The Morgan fingerprint density at radius 2 is 1.38 bits per heavy atom. The van der Waals surface area contributed by atoms with Crippen LogP contribution in [-0.4, -0.2) is 60.3 Å². The highest BCUT2D eigenvalue weighted by Crippen LogP contribution is 2.33. The first-order valence-electron chi connectivity index (χ1n) is 7.51. The molecule has 10 nitrogen and oxygen atoms in total. The fraction of sp³-hybridized carbons (Fsp3) is 0.667. The molecule has 26 heavy (non-hydrogen) atoms. The highest BCUT2D eigenvalue weighted by atomic mass is 32.2. The van der Waals surface area contributed by atoms with Crippen molar-refractivity contribution in [2.75, 3.05) is 6.61 Å². The molecule has 0 aromatic rings. The summed E-state index contributed by atoms with van der Waals surface area (Å²) in [6.45, 7) is 4.24. The van der Waals surface area contributed by atoms with Gasteiger partial charge in [-0.2, -0.15) is 5.26 Å². The molecule has 0 saturated carbocycles. The fourth-order valence-electron chi connectivity index (χ4n) is 2.34. The maximum absolute atomic E-state index is 11.5. The largest absolute Gasteiger partial charge is 0.463 e. The number of carbonyl (C=O) groups excluding carboxylic acids is 4. The van der Waals surface area contributed by atoms with Gasteiger partial charge in [-0.15, -0.1) is 0 Å². The summed E-state index contributed by atoms with van der Waals surface area (Å²) in [7, 11) is 0. The van der Waals surface area contributed by atoms with Gasteiger partial charge in [-0.3, -0.25) is 19.2 Å². The number of ether oxygens (including phenoxy) is 5. The van der Waals surface area contributed by atoms with Gasteiger partial charge in [0.1, 0.15) is 18.1 Å². The second kappa shape index (κ2) is 9.98. The van der Waals surface area contributed by atoms with E-state index in [4.69, 9.17) is 28.9 Å². The summed E-state index contributed by atoms with van der Waals surface area (Å²) in [5.41, 5.74) is -1.05. The molecule has 0 unspecified atom stereocenters. The minimum Gasteiger partial charge on any atom is -0.463 e. The lowest BCUT2D eigenvalue weighted by molar-refractivity contribution is -0.237. The summed E-state index contributed by atoms with van der Waals surface area (Å²) in [5.74, 6) is -2.75. The smallest absolute Gasteiger partial charge is 0.303 e. The zero-order valence-electron chi connectivity index (χ0n) is 14.6. The molecular formula is C15H19NO9S. The van der Waals surface area contributed by atoms with E-state index < -0.39 is 53.7 Å². The first kappa shape index (κ1) is 21.7. The second-order valence-electron chi connectivity index (χ2n) is 5.28. The Kier molecular flexibility index (Phi) is 8.34. The van der Waals surface area contributed by atoms with Crippen LogP contribution in [0, 0.1) is 10.7 Å². The van der Waals surface area contributed by atoms with Crippen LogP contribution in [0.4, 0.5) is 0 Å². The highest BCUT2D eigenvalue weighted by molar-refractivity contribution is 8.04. The average molecular weight is 389 g/mol. The lowest BCUT2D eigenvalue weighted by atomic mass is 9.99. The summed E-state index contributed by atoms with van der Waals surface area (Å²) in [6, 6.07) is 0. The lowest BCUT2D eigenvalue weighted by Crippen LogP contribution is -2.61. The van der Waals surface area contributed by atoms with Crippen LogP contribution < -0.4 is 0 Å². The molecule has 1 aliphatic heterocycles. The number of carbonyl (C=O) groups is 4. The topological polar surface area (TPSA) is 138 Å². The molecule has 0 aromatic heterocycles. The van der Waals surface area contributed by atoms with Crippen molar-refractivity contribution in [3.05, 3.63) is 0 Å². The standard InChI is InChI=1S/C15H19NO9S/c1-7(17)21-5-11-12(22-8(2)18)13(23-9(3)19)14(24-10(4)20)15(25-11)26-6-16/h11-15H,5H2,1-4H3/t11-,12+,13+,14-,15-/m1/s1. The Bertz CT molecular complexity index is 602. The van der Waals surface area contributed by atoms with Gasteiger partial charge < -0.3 is 23.7 Å². The van der Waals surface area contributed by atoms with Crippen molar-refractivity contribution < 1.29 is 42.9 Å². The first-order chi connectivity index (χ1) is 12.1. The van der Waals surface area contributed by atoms with Crippen LogP contribution in [0.15, 0.2) is 0 Å². The van der Waals surface area contributed by atoms with Gasteiger partial charge in [-0.25, -0.2) is 0 Å². The Hall–Kier alpha value is -2.32. The quantitative estimate of drug-likeness (QED) is 0.352. The minimum atomic E-state index is -1.25. The number of nitrogens with zero attached hydrogens (tertiary/aromatic N) is 1. The molecule has 0 aliphatic carbocycles. The normalized spacial score (nSPS) is 27.6. The molecule has 1 saturated heterocycles. The molecule has 0 N–H and O–H groups in total. The van der Waals surface area contributed by atoms with Crippen molar-refractivity contribution >= 4 is 35.6 Å². The van der Waals surface area contributed by atoms with E-state index in [2.05, 4.69) is 0 Å². The maximum atomic E-state index is 11.5. The lowest BCUT2D eigenvalue weighted by Gasteiger charge is -2.43. The second-order valence-corrected chi connectivity index (χ2v) is 6.16. The number of nitriles is 1. The van der Waals surface area contributed by atoms with Crippen molar-refractivity contribution in [2.24, 2.45) is 0 Å². The van der Waals surface area contributed by atoms with Crippen molar-refractivity contribution in [2.45, 2.75) is 57.5 Å². The Balaban J connectivity index is 3.24. The van der Waals surface area contributed by atoms with E-state index in [0.717, 1.165) is 20.8 Å². The SMILES string of the molecule is CC(=O)OC[C@H]1O[C@H](SC#N)[C@H](OC(C)=O)[C@@H](OC(C)=O)[C@H]1OC(C)=O. The van der Waals surface area contributed by atoms with Gasteiger partial charge in [0.2, 0.25) is 0 Å². The molecule has 1 rings (SSSR count). The van der Waals surface area contributed by atoms with Gasteiger partial charge in [0, 0.05) is 27.7 Å². The highest BCUT2D eigenvalue weighted by Gasteiger charge is 2.52. The van der Waals surface area contributed by atoms with Crippen molar-refractivity contribution in [3.8, 4) is 5.40 Å². The Labute approximate surface area is 154 Å². The van der Waals surface area contributed by atoms with E-state index >= 15 is 0 Å². The van der Waals surface area contributed by atoms with Crippen molar-refractivity contribution in [1.82, 2.24) is 0 Å². The van der Waals surface area contributed by atoms with Gasteiger partial charge in [-0.1, -0.05) is 0 Å². The summed E-state index contributed by atoms with van der Waals surface area (Å²) in [4.78, 5) is 45.5. The summed E-state index contributed by atoms with van der Waals surface area (Å²) >= 11 is 0.626. The van der Waals surface area contributed by atoms with Gasteiger partial charge >= 0.3 is 23.9 Å². The van der Waals surface area contributed by atoms with E-state index in [0.29, 0.717) is 11.8 Å². The van der Waals surface area contributed by atoms with Crippen LogP contribution in [0.1, 0.15) is 27.7 Å². The van der Waals surface area contributed by atoms with E-state index in [1.54, 1.807) is 5.40 Å². The van der Waals surface area contributed by atoms with Gasteiger partial charge in [0.05, 0.1) is 0 Å². The van der Waals surface area contributed by atoms with Crippen LogP contribution in [0.25, 0.3) is 0 Å². The van der Waals surface area contributed by atoms with Crippen LogP contribution in [0.5, 0.6) is 0 Å². The third-order valence-electron chi connectivity index (χ3n) is 3.12. The molecule has 0 spiro atoms. The molecule has 0 radical (unpaired) electrons. The molecule has 0 aromatic carbocycles. The summed E-state index contributed by atoms with van der Waals surface area (Å²) in [6.07, 6.45) is -4.71. The monoisotopic (exact) mass is 389 g/mol. The van der Waals surface area contributed by atoms with Crippen LogP contribution >= 0.6 is 11.8 Å². The zero-order valence-corrected chi connectivity index (χ0v) is 15.4. The molecule has 144 valence electrons. The summed E-state index contributed by atoms with van der Waals surface area (Å²) in [5, 5.41) is 10.8. The predicted molar refractivity (Wildman–Crippen MR) is 85.2 cm³/mol. The van der Waals surface area contributed by atoms with E-state index in [9.17, 15) is 19.2 Å². The number of hydrogen-bond donors (Lipinski definition) is 0. The molecule has 1 heterocycles.